The molecule has 1 N–H and O–H groups in total. The van der Waals surface area contributed by atoms with Crippen LogP contribution in [0.1, 0.15) is 42.2 Å². The number of carboxylic acids is 1. The second-order valence-corrected chi connectivity index (χ2v) is 5.87. The van der Waals surface area contributed by atoms with E-state index in [1.54, 1.807) is 7.05 Å². The zero-order valence-corrected chi connectivity index (χ0v) is 14.0. The summed E-state index contributed by atoms with van der Waals surface area (Å²) < 4.78 is 2.08. The van der Waals surface area contributed by atoms with Crippen LogP contribution in [0.15, 0.2) is 24.3 Å². The summed E-state index contributed by atoms with van der Waals surface area (Å²) in [5.74, 6) is -1.01. The maximum absolute atomic E-state index is 12.8. The Bertz CT molecular complexity index is 718. The molecule has 2 aromatic rings. The average molecular weight is 316 g/mol. The van der Waals surface area contributed by atoms with Crippen LogP contribution in [0.25, 0.3) is 10.9 Å². The number of benzene rings is 1. The smallest absolute Gasteiger partial charge is 0.305 e. The summed E-state index contributed by atoms with van der Waals surface area (Å²) in [6, 6.07) is 8.02. The number of nitrogens with zero attached hydrogens (tertiary/aromatic N) is 2. The Morgan fingerprint density at radius 2 is 1.96 bits per heavy atom. The van der Waals surface area contributed by atoms with E-state index in [-0.39, 0.29) is 18.9 Å². The maximum Gasteiger partial charge on any atom is 0.305 e. The van der Waals surface area contributed by atoms with Crippen molar-refractivity contribution in [3.8, 4) is 0 Å². The number of aliphatic carboxylic acids is 1. The molecule has 2 rings (SSSR count). The van der Waals surface area contributed by atoms with Crippen LogP contribution in [0, 0.1) is 6.92 Å². The molecule has 1 amide bonds. The van der Waals surface area contributed by atoms with Crippen LogP contribution in [0.3, 0.4) is 0 Å². The lowest BCUT2D eigenvalue weighted by Crippen LogP contribution is -2.31. The van der Waals surface area contributed by atoms with Gasteiger partial charge in [-0.15, -0.1) is 0 Å². The monoisotopic (exact) mass is 316 g/mol. The maximum atomic E-state index is 12.8. The van der Waals surface area contributed by atoms with Gasteiger partial charge in [0.1, 0.15) is 5.69 Å². The van der Waals surface area contributed by atoms with E-state index in [0.29, 0.717) is 5.69 Å². The lowest BCUT2D eigenvalue weighted by molar-refractivity contribution is -0.137. The predicted octanol–water partition coefficient (Wildman–Crippen LogP) is 3.30. The molecule has 0 radical (unpaired) electrons. The van der Waals surface area contributed by atoms with Gasteiger partial charge in [0, 0.05) is 31.0 Å². The lowest BCUT2D eigenvalue weighted by Gasteiger charge is -2.18. The van der Waals surface area contributed by atoms with Gasteiger partial charge in [-0.05, 0) is 25.0 Å². The molecule has 0 unspecified atom stereocenters. The molecule has 5 nitrogen and oxygen atoms in total. The van der Waals surface area contributed by atoms with Crippen molar-refractivity contribution >= 4 is 22.8 Å². The third-order valence-electron chi connectivity index (χ3n) is 4.17. The fourth-order valence-electron chi connectivity index (χ4n) is 2.85. The third-order valence-corrected chi connectivity index (χ3v) is 4.17. The summed E-state index contributed by atoms with van der Waals surface area (Å²) >= 11 is 0. The molecule has 5 heteroatoms. The number of unbranched alkanes of at least 4 members (excludes halogenated alkanes) is 1. The Labute approximate surface area is 136 Å². The van der Waals surface area contributed by atoms with E-state index in [1.165, 1.54) is 4.90 Å². The summed E-state index contributed by atoms with van der Waals surface area (Å²) in [5, 5.41) is 9.89. The Morgan fingerprint density at radius 1 is 1.26 bits per heavy atom. The zero-order valence-electron chi connectivity index (χ0n) is 14.0. The van der Waals surface area contributed by atoms with Gasteiger partial charge < -0.3 is 14.6 Å². The van der Waals surface area contributed by atoms with Gasteiger partial charge >= 0.3 is 5.97 Å². The highest BCUT2D eigenvalue weighted by atomic mass is 16.4. The van der Waals surface area contributed by atoms with Crippen molar-refractivity contribution in [2.75, 3.05) is 13.6 Å². The van der Waals surface area contributed by atoms with Gasteiger partial charge in [0.2, 0.25) is 0 Å². The van der Waals surface area contributed by atoms with Crippen LogP contribution >= 0.6 is 0 Å². The summed E-state index contributed by atoms with van der Waals surface area (Å²) in [6.07, 6.45) is 2.00. The number of fused-ring (bicyclic) bond motifs is 1. The van der Waals surface area contributed by atoms with E-state index in [1.807, 2.05) is 31.2 Å². The molecule has 23 heavy (non-hydrogen) atoms. The van der Waals surface area contributed by atoms with Crippen molar-refractivity contribution in [3.05, 3.63) is 35.5 Å². The number of hydrogen-bond donors (Lipinski definition) is 1. The summed E-state index contributed by atoms with van der Waals surface area (Å²) in [6.45, 7) is 5.09. The van der Waals surface area contributed by atoms with Crippen molar-refractivity contribution in [1.82, 2.24) is 9.47 Å². The van der Waals surface area contributed by atoms with Crippen LogP contribution in [0.4, 0.5) is 0 Å². The van der Waals surface area contributed by atoms with E-state index in [2.05, 4.69) is 11.5 Å². The Kier molecular flexibility index (Phi) is 5.42. The molecule has 124 valence electrons. The van der Waals surface area contributed by atoms with Crippen molar-refractivity contribution in [3.63, 3.8) is 0 Å². The first-order valence-electron chi connectivity index (χ1n) is 8.02. The number of carboxylic acid groups (broad SMARTS) is 1. The molecule has 0 saturated carbocycles. The minimum atomic E-state index is -0.895. The Balaban J connectivity index is 2.43. The van der Waals surface area contributed by atoms with Crippen molar-refractivity contribution < 1.29 is 14.7 Å². The summed E-state index contributed by atoms with van der Waals surface area (Å²) in [7, 11) is 1.66. The minimum absolute atomic E-state index is 0.0452. The van der Waals surface area contributed by atoms with Gasteiger partial charge in [-0.25, -0.2) is 0 Å². The minimum Gasteiger partial charge on any atom is -0.481 e. The molecule has 1 aromatic heterocycles. The lowest BCUT2D eigenvalue weighted by atomic mass is 10.1. The van der Waals surface area contributed by atoms with Gasteiger partial charge in [-0.1, -0.05) is 31.5 Å². The van der Waals surface area contributed by atoms with Crippen molar-refractivity contribution in [2.45, 2.75) is 39.7 Å². The number of aryl methyl sites for hydroxylation is 2. The molecule has 1 heterocycles. The molecule has 1 aromatic carbocycles. The number of para-hydroxylation sites is 1. The topological polar surface area (TPSA) is 62.5 Å². The van der Waals surface area contributed by atoms with Crippen LogP contribution < -0.4 is 0 Å². The predicted molar refractivity (Wildman–Crippen MR) is 90.8 cm³/mol. The number of carbonyl (C=O) groups is 2. The van der Waals surface area contributed by atoms with E-state index in [9.17, 15) is 9.59 Å². The van der Waals surface area contributed by atoms with E-state index in [0.717, 1.165) is 35.9 Å². The van der Waals surface area contributed by atoms with Crippen LogP contribution in [0.2, 0.25) is 0 Å². The fraction of sp³-hybridized carbons (Fsp3) is 0.444. The second-order valence-electron chi connectivity index (χ2n) is 5.87. The van der Waals surface area contributed by atoms with Crippen LogP contribution in [-0.2, 0) is 11.3 Å². The Morgan fingerprint density at radius 3 is 2.61 bits per heavy atom. The highest BCUT2D eigenvalue weighted by Crippen LogP contribution is 2.27. The zero-order chi connectivity index (χ0) is 17.0. The molecule has 0 spiro atoms. The second kappa shape index (κ2) is 7.31. The molecule has 0 bridgehead atoms. The number of rotatable bonds is 7. The molecule has 0 aliphatic heterocycles. The van der Waals surface area contributed by atoms with Crippen molar-refractivity contribution in [2.24, 2.45) is 0 Å². The molecule has 0 fully saturated rings. The van der Waals surface area contributed by atoms with Gasteiger partial charge in [0.15, 0.2) is 0 Å². The highest BCUT2D eigenvalue weighted by Gasteiger charge is 2.22. The summed E-state index contributed by atoms with van der Waals surface area (Å²) in [4.78, 5) is 25.1. The first-order valence-corrected chi connectivity index (χ1v) is 8.02. The molecule has 0 saturated heterocycles. The SMILES string of the molecule is CCCCn1c(C(=O)N(C)CCC(=O)O)c(C)c2ccccc21. The normalized spacial score (nSPS) is 10.9. The van der Waals surface area contributed by atoms with E-state index < -0.39 is 5.97 Å². The first-order chi connectivity index (χ1) is 11.0. The van der Waals surface area contributed by atoms with E-state index >= 15 is 0 Å². The standard InChI is InChI=1S/C18H24N2O3/c1-4-5-11-20-15-9-7-6-8-14(15)13(2)17(20)18(23)19(3)12-10-16(21)22/h6-9H,4-5,10-12H2,1-3H3,(H,21,22). The number of carbonyl (C=O) groups excluding carboxylic acids is 1. The highest BCUT2D eigenvalue weighted by molar-refractivity contribution is 6.01. The van der Waals surface area contributed by atoms with Gasteiger partial charge in [-0.2, -0.15) is 0 Å². The first kappa shape index (κ1) is 17.1. The quantitative estimate of drug-likeness (QED) is 0.852. The number of aromatic nitrogens is 1. The van der Waals surface area contributed by atoms with Gasteiger partial charge in [0.05, 0.1) is 6.42 Å². The largest absolute Gasteiger partial charge is 0.481 e. The van der Waals surface area contributed by atoms with Gasteiger partial charge in [-0.3, -0.25) is 9.59 Å². The van der Waals surface area contributed by atoms with Crippen molar-refractivity contribution in [1.29, 1.82) is 0 Å². The fourth-order valence-corrected chi connectivity index (χ4v) is 2.85. The Hall–Kier alpha value is -2.30. The number of amides is 1. The molecule has 0 aliphatic rings. The van der Waals surface area contributed by atoms with Crippen LogP contribution in [-0.4, -0.2) is 40.0 Å². The summed E-state index contributed by atoms with van der Waals surface area (Å²) in [5.41, 5.74) is 2.70. The number of hydrogen-bond acceptors (Lipinski definition) is 2. The van der Waals surface area contributed by atoms with Gasteiger partial charge in [0.25, 0.3) is 5.91 Å². The molecular formula is C18H24N2O3. The molecule has 0 aliphatic carbocycles. The third kappa shape index (κ3) is 3.55. The van der Waals surface area contributed by atoms with Crippen LogP contribution in [0.5, 0.6) is 0 Å². The van der Waals surface area contributed by atoms with E-state index in [4.69, 9.17) is 5.11 Å². The molecule has 0 atom stereocenters. The molecular weight excluding hydrogens is 292 g/mol. The average Bonchev–Trinajstić information content (AvgIpc) is 2.82.